The summed E-state index contributed by atoms with van der Waals surface area (Å²) in [5, 5.41) is 2.75. The molecule has 0 aliphatic carbocycles. The van der Waals surface area contributed by atoms with E-state index in [9.17, 15) is 18.0 Å². The summed E-state index contributed by atoms with van der Waals surface area (Å²) in [7, 11) is -2.22. The van der Waals surface area contributed by atoms with Crippen molar-refractivity contribution in [2.75, 3.05) is 26.4 Å². The second-order valence-corrected chi connectivity index (χ2v) is 8.96. The van der Waals surface area contributed by atoms with Crippen molar-refractivity contribution in [1.82, 2.24) is 14.5 Å². The zero-order valence-corrected chi connectivity index (χ0v) is 18.0. The maximum absolute atomic E-state index is 13.2. The summed E-state index contributed by atoms with van der Waals surface area (Å²) in [5.74, 6) is -0.846. The van der Waals surface area contributed by atoms with E-state index < -0.39 is 22.0 Å². The zero-order chi connectivity index (χ0) is 22.1. The molecule has 2 aromatic carbocycles. The van der Waals surface area contributed by atoms with E-state index in [0.717, 1.165) is 16.1 Å². The molecule has 0 aliphatic heterocycles. The predicted octanol–water partition coefficient (Wildman–Crippen LogP) is 1.95. The highest BCUT2D eigenvalue weighted by Crippen LogP contribution is 2.24. The Morgan fingerprint density at radius 1 is 1.07 bits per heavy atom. The fraction of sp³-hybridized carbons (Fsp3) is 0.273. The minimum absolute atomic E-state index is 0.151. The monoisotopic (exact) mass is 429 g/mol. The van der Waals surface area contributed by atoms with E-state index in [1.807, 2.05) is 36.4 Å². The van der Waals surface area contributed by atoms with Crippen LogP contribution in [-0.2, 0) is 26.2 Å². The molecule has 2 amide bonds. The molecule has 0 saturated carbocycles. The van der Waals surface area contributed by atoms with Crippen LogP contribution in [0.5, 0.6) is 0 Å². The van der Waals surface area contributed by atoms with Crippen LogP contribution in [0.3, 0.4) is 0 Å². The molecule has 0 spiro atoms. The lowest BCUT2D eigenvalue weighted by Crippen LogP contribution is -2.47. The molecule has 30 heavy (non-hydrogen) atoms. The molecule has 0 bridgehead atoms. The number of rotatable bonds is 10. The van der Waals surface area contributed by atoms with Gasteiger partial charge in [0, 0.05) is 20.1 Å². The number of nitrogens with one attached hydrogen (secondary N) is 1. The third kappa shape index (κ3) is 6.53. The smallest absolute Gasteiger partial charge is 0.247 e. The molecule has 1 atom stereocenters. The Balaban J connectivity index is 2.46. The van der Waals surface area contributed by atoms with Gasteiger partial charge in [0.25, 0.3) is 0 Å². The van der Waals surface area contributed by atoms with Crippen LogP contribution in [0.25, 0.3) is 0 Å². The van der Waals surface area contributed by atoms with Gasteiger partial charge in [-0.15, -0.1) is 6.58 Å². The Morgan fingerprint density at radius 2 is 1.63 bits per heavy atom. The molecule has 7 nitrogen and oxygen atoms in total. The molecule has 0 heterocycles. The molecule has 0 aromatic heterocycles. The Morgan fingerprint density at radius 3 is 2.17 bits per heavy atom. The zero-order valence-electron chi connectivity index (χ0n) is 17.2. The van der Waals surface area contributed by atoms with Gasteiger partial charge in [0.15, 0.2) is 0 Å². The average Bonchev–Trinajstić information content (AvgIpc) is 2.72. The Labute approximate surface area is 178 Å². The molecule has 2 aromatic rings. The second-order valence-electron chi connectivity index (χ2n) is 6.87. The standard InChI is InChI=1S/C22H27N3O4S/c1-4-15-23-22(27)21(19-13-9-6-10-14-19)25(16-18-11-7-5-8-12-18)20(26)17-24(2)30(3,28)29/h4-14,21H,1,15-17H2,2-3H3,(H,23,27)/t21-/m0/s1. The number of carbonyl (C=O) groups is 2. The maximum atomic E-state index is 13.2. The van der Waals surface area contributed by atoms with E-state index in [1.165, 1.54) is 11.9 Å². The van der Waals surface area contributed by atoms with Gasteiger partial charge >= 0.3 is 0 Å². The highest BCUT2D eigenvalue weighted by atomic mass is 32.2. The van der Waals surface area contributed by atoms with Gasteiger partial charge in [-0.1, -0.05) is 66.7 Å². The number of carbonyl (C=O) groups excluding carboxylic acids is 2. The van der Waals surface area contributed by atoms with Crippen LogP contribution >= 0.6 is 0 Å². The van der Waals surface area contributed by atoms with Crippen LogP contribution in [0.15, 0.2) is 73.3 Å². The maximum Gasteiger partial charge on any atom is 0.247 e. The minimum Gasteiger partial charge on any atom is -0.351 e. The van der Waals surface area contributed by atoms with Gasteiger partial charge in [-0.2, -0.15) is 4.31 Å². The van der Waals surface area contributed by atoms with Crippen molar-refractivity contribution in [3.05, 3.63) is 84.4 Å². The van der Waals surface area contributed by atoms with Gasteiger partial charge in [0.05, 0.1) is 12.8 Å². The molecule has 2 rings (SSSR count). The Hall–Kier alpha value is -2.97. The van der Waals surface area contributed by atoms with Crippen molar-refractivity contribution in [3.8, 4) is 0 Å². The number of benzene rings is 2. The molecule has 1 N–H and O–H groups in total. The quantitative estimate of drug-likeness (QED) is 0.585. The molecule has 0 aliphatic rings. The molecule has 0 unspecified atom stereocenters. The molecular weight excluding hydrogens is 402 g/mol. The van der Waals surface area contributed by atoms with Crippen molar-refractivity contribution in [3.63, 3.8) is 0 Å². The molecular formula is C22H27N3O4S. The topological polar surface area (TPSA) is 86.8 Å². The molecule has 0 saturated heterocycles. The first kappa shape index (κ1) is 23.3. The normalized spacial score (nSPS) is 12.2. The summed E-state index contributed by atoms with van der Waals surface area (Å²) in [6, 6.07) is 17.3. The van der Waals surface area contributed by atoms with Crippen LogP contribution in [0.2, 0.25) is 0 Å². The van der Waals surface area contributed by atoms with Gasteiger partial charge in [-0.3, -0.25) is 9.59 Å². The van der Waals surface area contributed by atoms with Crippen molar-refractivity contribution < 1.29 is 18.0 Å². The van der Waals surface area contributed by atoms with Gasteiger partial charge in [-0.05, 0) is 11.1 Å². The van der Waals surface area contributed by atoms with Crippen molar-refractivity contribution in [1.29, 1.82) is 0 Å². The van der Waals surface area contributed by atoms with Gasteiger partial charge in [-0.25, -0.2) is 8.42 Å². The average molecular weight is 430 g/mol. The largest absolute Gasteiger partial charge is 0.351 e. The van der Waals surface area contributed by atoms with E-state index >= 15 is 0 Å². The fourth-order valence-electron chi connectivity index (χ4n) is 2.88. The lowest BCUT2D eigenvalue weighted by molar-refractivity contribution is -0.141. The number of sulfonamides is 1. The third-order valence-electron chi connectivity index (χ3n) is 4.54. The van der Waals surface area contributed by atoms with Gasteiger partial charge < -0.3 is 10.2 Å². The van der Waals surface area contributed by atoms with Crippen LogP contribution < -0.4 is 5.32 Å². The fourth-order valence-corrected chi connectivity index (χ4v) is 3.22. The van der Waals surface area contributed by atoms with Crippen LogP contribution in [0, 0.1) is 0 Å². The highest BCUT2D eigenvalue weighted by molar-refractivity contribution is 7.88. The number of likely N-dealkylation sites (N-methyl/N-ethyl adjacent to an activating group) is 1. The summed E-state index contributed by atoms with van der Waals surface area (Å²) in [5.41, 5.74) is 1.45. The van der Waals surface area contributed by atoms with Gasteiger partial charge in [0.2, 0.25) is 21.8 Å². The van der Waals surface area contributed by atoms with E-state index in [1.54, 1.807) is 30.3 Å². The predicted molar refractivity (Wildman–Crippen MR) is 117 cm³/mol. The first-order valence-electron chi connectivity index (χ1n) is 9.42. The van der Waals surface area contributed by atoms with Crippen LogP contribution in [-0.4, -0.2) is 55.8 Å². The van der Waals surface area contributed by atoms with E-state index in [4.69, 9.17) is 0 Å². The lowest BCUT2D eigenvalue weighted by atomic mass is 10.0. The number of hydrogen-bond acceptors (Lipinski definition) is 4. The second kappa shape index (κ2) is 10.7. The van der Waals surface area contributed by atoms with E-state index in [2.05, 4.69) is 11.9 Å². The van der Waals surface area contributed by atoms with Crippen molar-refractivity contribution in [2.24, 2.45) is 0 Å². The summed E-state index contributed by atoms with van der Waals surface area (Å²) in [6.07, 6.45) is 2.59. The van der Waals surface area contributed by atoms with Crippen molar-refractivity contribution >= 4 is 21.8 Å². The van der Waals surface area contributed by atoms with Crippen LogP contribution in [0.4, 0.5) is 0 Å². The minimum atomic E-state index is -3.56. The first-order chi connectivity index (χ1) is 14.2. The summed E-state index contributed by atoms with van der Waals surface area (Å²) >= 11 is 0. The highest BCUT2D eigenvalue weighted by Gasteiger charge is 2.32. The summed E-state index contributed by atoms with van der Waals surface area (Å²) in [6.45, 7) is 3.64. The van der Waals surface area contributed by atoms with E-state index in [-0.39, 0.29) is 25.5 Å². The molecule has 8 heteroatoms. The number of amides is 2. The molecule has 0 radical (unpaired) electrons. The van der Waals surface area contributed by atoms with Crippen molar-refractivity contribution in [2.45, 2.75) is 12.6 Å². The summed E-state index contributed by atoms with van der Waals surface area (Å²) < 4.78 is 24.6. The SMILES string of the molecule is C=CCNC(=O)[C@H](c1ccccc1)N(Cc1ccccc1)C(=O)CN(C)S(C)(=O)=O. The lowest BCUT2D eigenvalue weighted by Gasteiger charge is -2.32. The molecule has 0 fully saturated rings. The van der Waals surface area contributed by atoms with E-state index in [0.29, 0.717) is 5.56 Å². The summed E-state index contributed by atoms with van der Waals surface area (Å²) in [4.78, 5) is 27.7. The molecule has 160 valence electrons. The first-order valence-corrected chi connectivity index (χ1v) is 11.3. The third-order valence-corrected chi connectivity index (χ3v) is 5.80. The number of hydrogen-bond donors (Lipinski definition) is 1. The van der Waals surface area contributed by atoms with Crippen LogP contribution in [0.1, 0.15) is 17.2 Å². The Kier molecular flexibility index (Phi) is 8.32. The van der Waals surface area contributed by atoms with Gasteiger partial charge in [0.1, 0.15) is 6.04 Å². The Bertz CT molecular complexity index is 962. The number of nitrogens with zero attached hydrogens (tertiary/aromatic N) is 2.